The van der Waals surface area contributed by atoms with Crippen LogP contribution < -0.4 is 5.56 Å². The molecule has 0 spiro atoms. The highest BCUT2D eigenvalue weighted by molar-refractivity contribution is 5.54. The largest absolute Gasteiger partial charge is 0.337 e. The van der Waals surface area contributed by atoms with Crippen LogP contribution in [0, 0.1) is 0 Å². The van der Waals surface area contributed by atoms with E-state index in [1.165, 1.54) is 0 Å². The van der Waals surface area contributed by atoms with Crippen LogP contribution in [0.25, 0.3) is 11.4 Å². The standard InChI is InChI=1S/C17H18N6O/c1-22-9-7-19-15(22)11-23-8-4-14-13(10-23)17(24)21-16(20-14)12-2-5-18-6-3-12/h2-3,5-7,9H,4,8,10-11H2,1H3,(H,20,21,24). The minimum atomic E-state index is -0.0589. The number of aromatic amines is 1. The third-order valence-electron chi connectivity index (χ3n) is 4.39. The molecule has 122 valence electrons. The van der Waals surface area contributed by atoms with Crippen molar-refractivity contribution in [2.75, 3.05) is 6.54 Å². The van der Waals surface area contributed by atoms with E-state index in [-0.39, 0.29) is 5.56 Å². The number of imidazole rings is 1. The molecule has 0 fully saturated rings. The molecule has 0 aliphatic carbocycles. The van der Waals surface area contributed by atoms with Crippen molar-refractivity contribution in [3.8, 4) is 11.4 Å². The Morgan fingerprint density at radius 1 is 1.25 bits per heavy atom. The summed E-state index contributed by atoms with van der Waals surface area (Å²) in [6.07, 6.45) is 7.89. The van der Waals surface area contributed by atoms with Gasteiger partial charge in [0.15, 0.2) is 0 Å². The molecule has 4 rings (SSSR count). The fraction of sp³-hybridized carbons (Fsp3) is 0.294. The maximum Gasteiger partial charge on any atom is 0.255 e. The average Bonchev–Trinajstić information content (AvgIpc) is 3.01. The third kappa shape index (κ3) is 2.74. The first-order chi connectivity index (χ1) is 11.7. The number of aromatic nitrogens is 5. The molecule has 0 atom stereocenters. The molecule has 7 nitrogen and oxygen atoms in total. The Hall–Kier alpha value is -2.80. The van der Waals surface area contributed by atoms with Crippen LogP contribution in [0.1, 0.15) is 17.1 Å². The van der Waals surface area contributed by atoms with Gasteiger partial charge in [-0.15, -0.1) is 0 Å². The van der Waals surface area contributed by atoms with E-state index in [2.05, 4.69) is 24.8 Å². The van der Waals surface area contributed by atoms with Crippen molar-refractivity contribution in [2.24, 2.45) is 7.05 Å². The van der Waals surface area contributed by atoms with Gasteiger partial charge in [-0.25, -0.2) is 9.97 Å². The molecule has 0 radical (unpaired) electrons. The van der Waals surface area contributed by atoms with Crippen molar-refractivity contribution >= 4 is 0 Å². The van der Waals surface area contributed by atoms with E-state index in [1.807, 2.05) is 29.9 Å². The third-order valence-corrected chi connectivity index (χ3v) is 4.39. The molecule has 3 aromatic heterocycles. The fourth-order valence-corrected chi connectivity index (χ4v) is 3.01. The molecule has 3 aromatic rings. The number of fused-ring (bicyclic) bond motifs is 1. The van der Waals surface area contributed by atoms with Crippen molar-refractivity contribution in [1.29, 1.82) is 0 Å². The molecule has 4 heterocycles. The van der Waals surface area contributed by atoms with Crippen molar-refractivity contribution in [2.45, 2.75) is 19.5 Å². The summed E-state index contributed by atoms with van der Waals surface area (Å²) >= 11 is 0. The number of hydrogen-bond donors (Lipinski definition) is 1. The highest BCUT2D eigenvalue weighted by Crippen LogP contribution is 2.19. The van der Waals surface area contributed by atoms with Crippen LogP contribution in [0.15, 0.2) is 41.7 Å². The van der Waals surface area contributed by atoms with E-state index in [0.717, 1.165) is 42.2 Å². The predicted octanol–water partition coefficient (Wildman–Crippen LogP) is 1.12. The van der Waals surface area contributed by atoms with Gasteiger partial charge in [-0.05, 0) is 12.1 Å². The monoisotopic (exact) mass is 322 g/mol. The molecule has 1 aliphatic rings. The normalized spacial score (nSPS) is 14.5. The van der Waals surface area contributed by atoms with Gasteiger partial charge in [0.25, 0.3) is 5.56 Å². The van der Waals surface area contributed by atoms with Gasteiger partial charge in [-0.2, -0.15) is 0 Å². The molecule has 0 aromatic carbocycles. The predicted molar refractivity (Wildman–Crippen MR) is 89.1 cm³/mol. The van der Waals surface area contributed by atoms with Gasteiger partial charge in [0.05, 0.1) is 17.8 Å². The Labute approximate surface area is 139 Å². The summed E-state index contributed by atoms with van der Waals surface area (Å²) in [5, 5.41) is 0. The van der Waals surface area contributed by atoms with Gasteiger partial charge in [0.1, 0.15) is 11.6 Å². The van der Waals surface area contributed by atoms with Crippen LogP contribution in [0.5, 0.6) is 0 Å². The van der Waals surface area contributed by atoms with Gasteiger partial charge >= 0.3 is 0 Å². The topological polar surface area (TPSA) is 79.7 Å². The van der Waals surface area contributed by atoms with E-state index >= 15 is 0 Å². The van der Waals surface area contributed by atoms with E-state index in [4.69, 9.17) is 0 Å². The van der Waals surface area contributed by atoms with Crippen molar-refractivity contribution < 1.29 is 0 Å². The summed E-state index contributed by atoms with van der Waals surface area (Å²) in [6, 6.07) is 3.70. The number of aryl methyl sites for hydroxylation is 1. The summed E-state index contributed by atoms with van der Waals surface area (Å²) < 4.78 is 2.00. The van der Waals surface area contributed by atoms with Gasteiger partial charge in [0, 0.05) is 56.9 Å². The second-order valence-corrected chi connectivity index (χ2v) is 5.99. The van der Waals surface area contributed by atoms with Gasteiger partial charge in [-0.3, -0.25) is 14.7 Å². The summed E-state index contributed by atoms with van der Waals surface area (Å²) in [6.45, 7) is 2.20. The van der Waals surface area contributed by atoms with Crippen LogP contribution in [-0.4, -0.2) is 35.9 Å². The highest BCUT2D eigenvalue weighted by Gasteiger charge is 2.22. The molecule has 24 heavy (non-hydrogen) atoms. The first kappa shape index (κ1) is 14.8. The second kappa shape index (κ2) is 6.01. The molecule has 0 saturated heterocycles. The van der Waals surface area contributed by atoms with E-state index < -0.39 is 0 Å². The Bertz CT molecular complexity index is 914. The molecule has 0 saturated carbocycles. The maximum absolute atomic E-state index is 12.5. The van der Waals surface area contributed by atoms with Crippen molar-refractivity contribution in [3.05, 3.63) is 64.4 Å². The first-order valence-electron chi connectivity index (χ1n) is 7.92. The molecular formula is C17H18N6O. The average molecular weight is 322 g/mol. The Morgan fingerprint density at radius 2 is 2.08 bits per heavy atom. The molecule has 0 amide bonds. The zero-order valence-corrected chi connectivity index (χ0v) is 13.4. The number of nitrogens with zero attached hydrogens (tertiary/aromatic N) is 5. The summed E-state index contributed by atoms with van der Waals surface area (Å²) in [5.74, 6) is 1.61. The van der Waals surface area contributed by atoms with Crippen LogP contribution >= 0.6 is 0 Å². The second-order valence-electron chi connectivity index (χ2n) is 5.99. The van der Waals surface area contributed by atoms with Crippen LogP contribution in [0.3, 0.4) is 0 Å². The molecule has 1 N–H and O–H groups in total. The molecule has 0 bridgehead atoms. The number of rotatable bonds is 3. The summed E-state index contributed by atoms with van der Waals surface area (Å²) in [5.41, 5.74) is 2.46. The zero-order chi connectivity index (χ0) is 16.5. The zero-order valence-electron chi connectivity index (χ0n) is 13.4. The smallest absolute Gasteiger partial charge is 0.255 e. The lowest BCUT2D eigenvalue weighted by atomic mass is 10.1. The van der Waals surface area contributed by atoms with Crippen LogP contribution in [0.4, 0.5) is 0 Å². The maximum atomic E-state index is 12.5. The van der Waals surface area contributed by atoms with Gasteiger partial charge in [-0.1, -0.05) is 0 Å². The number of hydrogen-bond acceptors (Lipinski definition) is 5. The summed E-state index contributed by atoms with van der Waals surface area (Å²) in [4.78, 5) is 30.7. The minimum absolute atomic E-state index is 0.0589. The van der Waals surface area contributed by atoms with Crippen LogP contribution in [-0.2, 0) is 26.6 Å². The number of pyridine rings is 1. The quantitative estimate of drug-likeness (QED) is 0.782. The van der Waals surface area contributed by atoms with Gasteiger partial charge < -0.3 is 9.55 Å². The lowest BCUT2D eigenvalue weighted by molar-refractivity contribution is 0.233. The lowest BCUT2D eigenvalue weighted by Gasteiger charge is -2.27. The van der Waals surface area contributed by atoms with Crippen molar-refractivity contribution in [1.82, 2.24) is 29.4 Å². The van der Waals surface area contributed by atoms with E-state index in [0.29, 0.717) is 12.4 Å². The molecule has 7 heteroatoms. The SMILES string of the molecule is Cn1ccnc1CN1CCc2nc(-c3ccncc3)[nH]c(=O)c2C1. The Kier molecular flexibility index (Phi) is 3.70. The van der Waals surface area contributed by atoms with E-state index in [9.17, 15) is 4.79 Å². The van der Waals surface area contributed by atoms with Crippen LogP contribution in [0.2, 0.25) is 0 Å². The molecule has 1 aliphatic heterocycles. The highest BCUT2D eigenvalue weighted by atomic mass is 16.1. The van der Waals surface area contributed by atoms with E-state index in [1.54, 1.807) is 18.6 Å². The van der Waals surface area contributed by atoms with Gasteiger partial charge in [0.2, 0.25) is 0 Å². The van der Waals surface area contributed by atoms with Crippen molar-refractivity contribution in [3.63, 3.8) is 0 Å². The Balaban J connectivity index is 1.61. The lowest BCUT2D eigenvalue weighted by Crippen LogP contribution is -2.36. The molecular weight excluding hydrogens is 304 g/mol. The number of H-pyrrole nitrogens is 1. The summed E-state index contributed by atoms with van der Waals surface area (Å²) in [7, 11) is 1.98. The Morgan fingerprint density at radius 3 is 2.83 bits per heavy atom. The fourth-order valence-electron chi connectivity index (χ4n) is 3.01. The minimum Gasteiger partial charge on any atom is -0.337 e. The number of nitrogens with one attached hydrogen (secondary N) is 1. The molecule has 0 unspecified atom stereocenters. The first-order valence-corrected chi connectivity index (χ1v) is 7.92.